The topological polar surface area (TPSA) is 35.2 Å². The van der Waals surface area contributed by atoms with Crippen molar-refractivity contribution in [2.45, 2.75) is 26.3 Å². The Morgan fingerprint density at radius 1 is 1.22 bits per heavy atom. The van der Waals surface area contributed by atoms with Gasteiger partial charge in [-0.2, -0.15) is 11.3 Å². The largest absolute Gasteiger partial charge is 0.494 e. The van der Waals surface area contributed by atoms with Crippen molar-refractivity contribution in [3.05, 3.63) is 51.7 Å². The van der Waals surface area contributed by atoms with Gasteiger partial charge in [0, 0.05) is 0 Å². The molecule has 0 amide bonds. The highest BCUT2D eigenvalue weighted by atomic mass is 32.1. The van der Waals surface area contributed by atoms with Crippen molar-refractivity contribution in [1.82, 2.24) is 0 Å². The normalized spacial score (nSPS) is 12.4. The van der Waals surface area contributed by atoms with Gasteiger partial charge in [-0.1, -0.05) is 19.1 Å². The second-order valence-electron chi connectivity index (χ2n) is 4.41. The Balaban J connectivity index is 2.12. The molecule has 0 aliphatic heterocycles. The van der Waals surface area contributed by atoms with E-state index in [9.17, 15) is 0 Å². The molecule has 0 aliphatic carbocycles. The molecule has 1 atom stereocenters. The van der Waals surface area contributed by atoms with Crippen LogP contribution in [0.15, 0.2) is 35.0 Å². The first-order valence-electron chi connectivity index (χ1n) is 6.23. The summed E-state index contributed by atoms with van der Waals surface area (Å²) in [5.41, 5.74) is 9.88. The maximum absolute atomic E-state index is 6.28. The third kappa shape index (κ3) is 2.92. The van der Waals surface area contributed by atoms with Crippen LogP contribution in [0.2, 0.25) is 0 Å². The lowest BCUT2D eigenvalue weighted by Gasteiger charge is -2.13. The molecule has 0 radical (unpaired) electrons. The Morgan fingerprint density at radius 3 is 2.50 bits per heavy atom. The average Bonchev–Trinajstić information content (AvgIpc) is 2.82. The van der Waals surface area contributed by atoms with Gasteiger partial charge in [0.25, 0.3) is 0 Å². The van der Waals surface area contributed by atoms with Crippen molar-refractivity contribution in [3.63, 3.8) is 0 Å². The minimum absolute atomic E-state index is 0.0449. The lowest BCUT2D eigenvalue weighted by molar-refractivity contribution is 0.317. The average molecular weight is 261 g/mol. The number of nitrogens with two attached hydrogens (primary N) is 1. The van der Waals surface area contributed by atoms with Crippen molar-refractivity contribution in [1.29, 1.82) is 0 Å². The first-order valence-corrected chi connectivity index (χ1v) is 7.17. The molecule has 1 aromatic heterocycles. The van der Waals surface area contributed by atoms with E-state index in [1.807, 2.05) is 24.3 Å². The Hall–Kier alpha value is -1.32. The van der Waals surface area contributed by atoms with Gasteiger partial charge >= 0.3 is 0 Å². The molecule has 1 aromatic carbocycles. The van der Waals surface area contributed by atoms with E-state index in [2.05, 4.69) is 24.6 Å². The van der Waals surface area contributed by atoms with Crippen LogP contribution in [0.5, 0.6) is 5.75 Å². The number of hydrogen-bond acceptors (Lipinski definition) is 3. The lowest BCUT2D eigenvalue weighted by Crippen LogP contribution is -2.11. The van der Waals surface area contributed by atoms with E-state index in [0.717, 1.165) is 24.3 Å². The molecule has 0 bridgehead atoms. The molecule has 2 nitrogen and oxygen atoms in total. The third-order valence-electron chi connectivity index (χ3n) is 2.94. The van der Waals surface area contributed by atoms with Crippen LogP contribution in [0.4, 0.5) is 0 Å². The molecule has 0 saturated carbocycles. The fourth-order valence-electron chi connectivity index (χ4n) is 1.86. The van der Waals surface area contributed by atoms with Crippen LogP contribution in [-0.4, -0.2) is 6.61 Å². The number of rotatable bonds is 5. The molecule has 0 aliphatic rings. The Bertz CT molecular complexity index is 489. The molecule has 2 N–H and O–H groups in total. The van der Waals surface area contributed by atoms with Crippen LogP contribution in [0, 0.1) is 6.92 Å². The van der Waals surface area contributed by atoms with E-state index in [1.165, 1.54) is 11.1 Å². The Morgan fingerprint density at radius 2 is 1.94 bits per heavy atom. The van der Waals surface area contributed by atoms with Gasteiger partial charge in [0.15, 0.2) is 0 Å². The molecule has 2 aromatic rings. The van der Waals surface area contributed by atoms with Gasteiger partial charge in [-0.05, 0) is 52.9 Å². The lowest BCUT2D eigenvalue weighted by atomic mass is 9.99. The highest BCUT2D eigenvalue weighted by Crippen LogP contribution is 2.26. The summed E-state index contributed by atoms with van der Waals surface area (Å²) in [4.78, 5) is 0. The maximum atomic E-state index is 6.28. The molecule has 0 spiro atoms. The van der Waals surface area contributed by atoms with Crippen LogP contribution in [0.25, 0.3) is 0 Å². The van der Waals surface area contributed by atoms with Crippen LogP contribution in [0.1, 0.15) is 36.1 Å². The summed E-state index contributed by atoms with van der Waals surface area (Å²) in [5, 5.41) is 4.26. The Kier molecular flexibility index (Phi) is 4.39. The van der Waals surface area contributed by atoms with E-state index < -0.39 is 0 Å². The zero-order valence-corrected chi connectivity index (χ0v) is 11.7. The van der Waals surface area contributed by atoms with Gasteiger partial charge in [0.1, 0.15) is 5.75 Å². The minimum Gasteiger partial charge on any atom is -0.494 e. The third-order valence-corrected chi connectivity index (χ3v) is 3.82. The zero-order valence-electron chi connectivity index (χ0n) is 10.8. The fraction of sp³-hybridized carbons (Fsp3) is 0.333. The fourth-order valence-corrected chi connectivity index (χ4v) is 2.75. The summed E-state index contributed by atoms with van der Waals surface area (Å²) in [6.45, 7) is 4.96. The van der Waals surface area contributed by atoms with Gasteiger partial charge < -0.3 is 10.5 Å². The molecule has 1 unspecified atom stereocenters. The highest BCUT2D eigenvalue weighted by molar-refractivity contribution is 7.08. The molecule has 96 valence electrons. The van der Waals surface area contributed by atoms with Crippen LogP contribution >= 0.6 is 11.3 Å². The summed E-state index contributed by atoms with van der Waals surface area (Å²) in [6, 6.07) is 8.04. The summed E-state index contributed by atoms with van der Waals surface area (Å²) in [7, 11) is 0. The Labute approximate surface area is 112 Å². The molecular weight excluding hydrogens is 242 g/mol. The molecule has 3 heteroatoms. The number of ether oxygens (including phenoxy) is 1. The highest BCUT2D eigenvalue weighted by Gasteiger charge is 2.12. The predicted molar refractivity (Wildman–Crippen MR) is 77.3 cm³/mol. The molecule has 0 saturated heterocycles. The predicted octanol–water partition coefficient (Wildman–Crippen LogP) is 3.89. The van der Waals surface area contributed by atoms with Gasteiger partial charge in [0.2, 0.25) is 0 Å². The molecule has 18 heavy (non-hydrogen) atoms. The summed E-state index contributed by atoms with van der Waals surface area (Å²) < 4.78 is 5.57. The van der Waals surface area contributed by atoms with E-state index in [1.54, 1.807) is 11.3 Å². The molecule has 1 heterocycles. The number of aryl methyl sites for hydroxylation is 1. The summed E-state index contributed by atoms with van der Waals surface area (Å²) >= 11 is 1.70. The van der Waals surface area contributed by atoms with Crippen molar-refractivity contribution in [2.75, 3.05) is 6.61 Å². The van der Waals surface area contributed by atoms with Crippen molar-refractivity contribution in [3.8, 4) is 5.75 Å². The van der Waals surface area contributed by atoms with E-state index in [-0.39, 0.29) is 6.04 Å². The second-order valence-corrected chi connectivity index (χ2v) is 5.15. The quantitative estimate of drug-likeness (QED) is 0.886. The molecule has 2 rings (SSSR count). The first-order chi connectivity index (χ1) is 8.72. The number of thiophene rings is 1. The SMILES string of the molecule is CCCOc1ccc(C(N)c2cscc2C)cc1. The monoisotopic (exact) mass is 261 g/mol. The minimum atomic E-state index is -0.0449. The van der Waals surface area contributed by atoms with E-state index >= 15 is 0 Å². The number of hydrogen-bond donors (Lipinski definition) is 1. The summed E-state index contributed by atoms with van der Waals surface area (Å²) in [6.07, 6.45) is 1.02. The van der Waals surface area contributed by atoms with E-state index in [4.69, 9.17) is 10.5 Å². The van der Waals surface area contributed by atoms with Gasteiger partial charge in [-0.25, -0.2) is 0 Å². The van der Waals surface area contributed by atoms with Crippen molar-refractivity contribution in [2.24, 2.45) is 5.73 Å². The van der Waals surface area contributed by atoms with Gasteiger partial charge in [-0.15, -0.1) is 0 Å². The van der Waals surface area contributed by atoms with Crippen LogP contribution in [0.3, 0.4) is 0 Å². The van der Waals surface area contributed by atoms with Crippen molar-refractivity contribution < 1.29 is 4.74 Å². The van der Waals surface area contributed by atoms with E-state index in [0.29, 0.717) is 0 Å². The maximum Gasteiger partial charge on any atom is 0.119 e. The summed E-state index contributed by atoms with van der Waals surface area (Å²) in [5.74, 6) is 0.912. The second kappa shape index (κ2) is 6.03. The van der Waals surface area contributed by atoms with Crippen LogP contribution < -0.4 is 10.5 Å². The van der Waals surface area contributed by atoms with Crippen molar-refractivity contribution >= 4 is 11.3 Å². The zero-order chi connectivity index (χ0) is 13.0. The van der Waals surface area contributed by atoms with Crippen LogP contribution in [-0.2, 0) is 0 Å². The molecular formula is C15H19NOS. The molecule has 0 fully saturated rings. The number of benzene rings is 1. The first kappa shape index (κ1) is 13.1. The smallest absolute Gasteiger partial charge is 0.119 e. The van der Waals surface area contributed by atoms with Gasteiger partial charge in [0.05, 0.1) is 12.6 Å². The standard InChI is InChI=1S/C15H19NOS/c1-3-8-17-13-6-4-12(5-7-13)15(16)14-10-18-9-11(14)2/h4-7,9-10,15H,3,8,16H2,1-2H3. The van der Waals surface area contributed by atoms with Gasteiger partial charge in [-0.3, -0.25) is 0 Å².